The molecule has 1 saturated carbocycles. The Morgan fingerprint density at radius 2 is 1.80 bits per heavy atom. The summed E-state index contributed by atoms with van der Waals surface area (Å²) in [5.41, 5.74) is 5.76. The third-order valence-electron chi connectivity index (χ3n) is 2.76. The second kappa shape index (κ2) is 2.51. The third kappa shape index (κ3) is 1.18. The maximum absolute atomic E-state index is 5.76. The Kier molecular flexibility index (Phi) is 1.66. The van der Waals surface area contributed by atoms with E-state index in [9.17, 15) is 0 Å². The quantitative estimate of drug-likeness (QED) is 0.585. The highest BCUT2D eigenvalue weighted by molar-refractivity contribution is 4.95. The molecule has 0 aromatic carbocycles. The van der Waals surface area contributed by atoms with Crippen LogP contribution in [0.15, 0.2) is 0 Å². The molecule has 0 aromatic rings. The van der Waals surface area contributed by atoms with Crippen LogP contribution in [0.4, 0.5) is 0 Å². The fourth-order valence-electron chi connectivity index (χ4n) is 1.92. The first kappa shape index (κ1) is 6.62. The van der Waals surface area contributed by atoms with E-state index in [1.165, 1.54) is 19.3 Å². The first-order valence-corrected chi connectivity index (χ1v) is 4.21. The molecule has 0 radical (unpaired) electrons. The van der Waals surface area contributed by atoms with E-state index in [0.717, 1.165) is 25.0 Å². The minimum atomic E-state index is 0.531. The third-order valence-corrected chi connectivity index (χ3v) is 2.76. The lowest BCUT2D eigenvalue weighted by Gasteiger charge is -2.21. The lowest BCUT2D eigenvalue weighted by Crippen LogP contribution is -2.20. The minimum absolute atomic E-state index is 0.531. The van der Waals surface area contributed by atoms with Gasteiger partial charge in [-0.1, -0.05) is 0 Å². The summed E-state index contributed by atoms with van der Waals surface area (Å²) in [4.78, 5) is 0. The Bertz CT molecular complexity index is 120. The zero-order chi connectivity index (χ0) is 6.97. The summed E-state index contributed by atoms with van der Waals surface area (Å²) in [7, 11) is 0. The van der Waals surface area contributed by atoms with Crippen molar-refractivity contribution in [3.05, 3.63) is 0 Å². The van der Waals surface area contributed by atoms with Gasteiger partial charge in [0.25, 0.3) is 0 Å². The lowest BCUT2D eigenvalue weighted by atomic mass is 9.95. The van der Waals surface area contributed by atoms with Gasteiger partial charge in [-0.3, -0.25) is 0 Å². The van der Waals surface area contributed by atoms with Crippen LogP contribution in [0.5, 0.6) is 0 Å². The van der Waals surface area contributed by atoms with E-state index in [0.29, 0.717) is 6.04 Å². The van der Waals surface area contributed by atoms with Gasteiger partial charge in [0, 0.05) is 19.3 Å². The molecular weight excluding hydrogens is 126 g/mol. The number of nitrogens with two attached hydrogens (primary N) is 1. The van der Waals surface area contributed by atoms with Crippen molar-refractivity contribution < 1.29 is 4.74 Å². The van der Waals surface area contributed by atoms with Crippen LogP contribution in [-0.4, -0.2) is 19.3 Å². The van der Waals surface area contributed by atoms with Gasteiger partial charge in [-0.15, -0.1) is 0 Å². The highest BCUT2D eigenvalue weighted by Crippen LogP contribution is 2.40. The molecule has 2 aliphatic rings. The molecule has 0 aromatic heterocycles. The van der Waals surface area contributed by atoms with E-state index in [1.807, 2.05) is 0 Å². The van der Waals surface area contributed by atoms with Gasteiger partial charge in [-0.25, -0.2) is 0 Å². The van der Waals surface area contributed by atoms with Crippen LogP contribution in [0.2, 0.25) is 0 Å². The molecule has 0 bridgehead atoms. The molecule has 1 heterocycles. The minimum Gasteiger partial charge on any atom is -0.381 e. The Balaban J connectivity index is 1.81. The Hall–Kier alpha value is -0.0800. The Labute approximate surface area is 61.7 Å². The molecule has 1 aliphatic heterocycles. The molecule has 2 rings (SSSR count). The molecule has 58 valence electrons. The first-order chi connectivity index (χ1) is 4.88. The molecule has 2 fully saturated rings. The number of rotatable bonds is 1. The number of ether oxygens (including phenoxy) is 1. The normalized spacial score (nSPS) is 41.7. The van der Waals surface area contributed by atoms with Gasteiger partial charge in [0.15, 0.2) is 0 Å². The van der Waals surface area contributed by atoms with E-state index >= 15 is 0 Å². The SMILES string of the molecule is N[C@@H]1C[C@@H]1C1CCOCC1. The van der Waals surface area contributed by atoms with Gasteiger partial charge in [-0.05, 0) is 31.1 Å². The second-order valence-electron chi connectivity index (χ2n) is 3.51. The Morgan fingerprint density at radius 3 is 2.30 bits per heavy atom. The number of hydrogen-bond acceptors (Lipinski definition) is 2. The molecule has 2 nitrogen and oxygen atoms in total. The topological polar surface area (TPSA) is 35.2 Å². The van der Waals surface area contributed by atoms with E-state index in [1.54, 1.807) is 0 Å². The molecule has 1 aliphatic carbocycles. The standard InChI is InChI=1S/C8H15NO/c9-8-5-7(8)6-1-3-10-4-2-6/h6-8H,1-5,9H2/t7-,8-/m1/s1. The maximum Gasteiger partial charge on any atom is 0.0468 e. The van der Waals surface area contributed by atoms with Gasteiger partial charge in [-0.2, -0.15) is 0 Å². The average Bonchev–Trinajstić information content (AvgIpc) is 2.69. The molecule has 2 atom stereocenters. The van der Waals surface area contributed by atoms with Crippen LogP contribution in [0, 0.1) is 11.8 Å². The zero-order valence-electron chi connectivity index (χ0n) is 6.25. The largest absolute Gasteiger partial charge is 0.381 e. The van der Waals surface area contributed by atoms with Gasteiger partial charge in [0.05, 0.1) is 0 Å². The van der Waals surface area contributed by atoms with Crippen molar-refractivity contribution in [1.82, 2.24) is 0 Å². The predicted molar refractivity (Wildman–Crippen MR) is 39.6 cm³/mol. The summed E-state index contributed by atoms with van der Waals surface area (Å²) in [5, 5.41) is 0. The lowest BCUT2D eigenvalue weighted by molar-refractivity contribution is 0.0593. The molecule has 2 heteroatoms. The summed E-state index contributed by atoms with van der Waals surface area (Å²) in [6.07, 6.45) is 3.77. The molecular formula is C8H15NO. The predicted octanol–water partition coefficient (Wildman–Crippen LogP) is 0.760. The molecule has 1 saturated heterocycles. The van der Waals surface area contributed by atoms with Crippen LogP contribution in [0.1, 0.15) is 19.3 Å². The van der Waals surface area contributed by atoms with Crippen molar-refractivity contribution in [3.63, 3.8) is 0 Å². The zero-order valence-corrected chi connectivity index (χ0v) is 6.25. The van der Waals surface area contributed by atoms with Crippen molar-refractivity contribution in [2.24, 2.45) is 17.6 Å². The fourth-order valence-corrected chi connectivity index (χ4v) is 1.92. The average molecular weight is 141 g/mol. The van der Waals surface area contributed by atoms with E-state index in [2.05, 4.69) is 0 Å². The van der Waals surface area contributed by atoms with Crippen LogP contribution >= 0.6 is 0 Å². The van der Waals surface area contributed by atoms with Crippen molar-refractivity contribution in [3.8, 4) is 0 Å². The smallest absolute Gasteiger partial charge is 0.0468 e. The van der Waals surface area contributed by atoms with Gasteiger partial charge in [0.1, 0.15) is 0 Å². The molecule has 2 N–H and O–H groups in total. The van der Waals surface area contributed by atoms with Crippen molar-refractivity contribution >= 4 is 0 Å². The van der Waals surface area contributed by atoms with Crippen molar-refractivity contribution in [2.75, 3.05) is 13.2 Å². The monoisotopic (exact) mass is 141 g/mol. The van der Waals surface area contributed by atoms with Crippen LogP contribution in [-0.2, 0) is 4.74 Å². The van der Waals surface area contributed by atoms with Crippen LogP contribution in [0.3, 0.4) is 0 Å². The molecule has 10 heavy (non-hydrogen) atoms. The van der Waals surface area contributed by atoms with E-state index in [4.69, 9.17) is 10.5 Å². The fraction of sp³-hybridized carbons (Fsp3) is 1.00. The summed E-state index contributed by atoms with van der Waals surface area (Å²) in [5.74, 6) is 1.74. The summed E-state index contributed by atoms with van der Waals surface area (Å²) in [6, 6.07) is 0.531. The first-order valence-electron chi connectivity index (χ1n) is 4.21. The second-order valence-corrected chi connectivity index (χ2v) is 3.51. The summed E-state index contributed by atoms with van der Waals surface area (Å²) in [6.45, 7) is 1.93. The summed E-state index contributed by atoms with van der Waals surface area (Å²) < 4.78 is 5.27. The van der Waals surface area contributed by atoms with Crippen molar-refractivity contribution in [1.29, 1.82) is 0 Å². The highest BCUT2D eigenvalue weighted by atomic mass is 16.5. The highest BCUT2D eigenvalue weighted by Gasteiger charge is 2.40. The van der Waals surface area contributed by atoms with Gasteiger partial charge in [0.2, 0.25) is 0 Å². The van der Waals surface area contributed by atoms with E-state index in [-0.39, 0.29) is 0 Å². The summed E-state index contributed by atoms with van der Waals surface area (Å²) >= 11 is 0. The molecule has 0 spiro atoms. The van der Waals surface area contributed by atoms with Gasteiger partial charge < -0.3 is 10.5 Å². The van der Waals surface area contributed by atoms with Gasteiger partial charge >= 0.3 is 0 Å². The van der Waals surface area contributed by atoms with Crippen molar-refractivity contribution in [2.45, 2.75) is 25.3 Å². The van der Waals surface area contributed by atoms with Crippen LogP contribution < -0.4 is 5.73 Å². The number of hydrogen-bond donors (Lipinski definition) is 1. The van der Waals surface area contributed by atoms with E-state index < -0.39 is 0 Å². The van der Waals surface area contributed by atoms with Crippen LogP contribution in [0.25, 0.3) is 0 Å². The molecule has 0 amide bonds. The maximum atomic E-state index is 5.76. The molecule has 0 unspecified atom stereocenters. The Morgan fingerprint density at radius 1 is 1.20 bits per heavy atom.